The van der Waals surface area contributed by atoms with Gasteiger partial charge in [0.25, 0.3) is 0 Å². The van der Waals surface area contributed by atoms with Crippen LogP contribution in [0.25, 0.3) is 0 Å². The SMILES string of the molecule is C=C(CCCC1(CCCC(=C)CC23CCC(CC2)CC3)CCN(NC)CC1)CCC(CCCCCCCCC)CCCCCCCCC. The van der Waals surface area contributed by atoms with E-state index in [9.17, 15) is 0 Å². The largest absolute Gasteiger partial charge is 0.258 e. The van der Waals surface area contributed by atoms with Crippen molar-refractivity contribution in [1.82, 2.24) is 10.4 Å². The third-order valence-electron chi connectivity index (χ3n) is 13.8. The number of hydrazine groups is 1. The second kappa shape index (κ2) is 24.6. The number of hydrogen-bond donors (Lipinski definition) is 1. The first-order chi connectivity index (χ1) is 23.4. The molecule has 2 heteroatoms. The molecule has 0 unspecified atom stereocenters. The van der Waals surface area contributed by atoms with Crippen molar-refractivity contribution in [3.05, 3.63) is 24.3 Å². The number of fused-ring (bicyclic) bond motifs is 3. The first-order valence-electron chi connectivity index (χ1n) is 22.2. The van der Waals surface area contributed by atoms with Crippen LogP contribution in [0.1, 0.15) is 226 Å². The summed E-state index contributed by atoms with van der Waals surface area (Å²) in [5.74, 6) is 1.99. The van der Waals surface area contributed by atoms with E-state index >= 15 is 0 Å². The Morgan fingerprint density at radius 3 is 1.58 bits per heavy atom. The average molecular weight is 667 g/mol. The standard InChI is InChI=1S/C46H86N2/c1-6-8-10-12-14-16-18-24-43(25-19-17-15-13-11-9-7-2)27-26-41(3)22-20-31-45(36-38-48(47-5)39-37-45)32-21-23-42(4)40-46-33-28-44(29-34-46)30-35-46/h43-44,47H,3-4,6-40H2,1-2,5H3. The number of hydrogen-bond acceptors (Lipinski definition) is 2. The van der Waals surface area contributed by atoms with Gasteiger partial charge in [0.2, 0.25) is 0 Å². The molecule has 0 spiro atoms. The molecule has 4 aliphatic rings. The van der Waals surface area contributed by atoms with Gasteiger partial charge in [-0.3, -0.25) is 5.43 Å². The van der Waals surface area contributed by atoms with Crippen LogP contribution in [0.2, 0.25) is 0 Å². The van der Waals surface area contributed by atoms with Crippen molar-refractivity contribution in [3.8, 4) is 0 Å². The highest BCUT2D eigenvalue weighted by Gasteiger charge is 2.40. The lowest BCUT2D eigenvalue weighted by molar-refractivity contribution is 0.0561. The van der Waals surface area contributed by atoms with Gasteiger partial charge in [0.15, 0.2) is 0 Å². The first-order valence-corrected chi connectivity index (χ1v) is 22.2. The molecule has 0 atom stereocenters. The first kappa shape index (κ1) is 41.8. The fourth-order valence-corrected chi connectivity index (χ4v) is 10.2. The Bertz CT molecular complexity index is 795. The predicted molar refractivity (Wildman–Crippen MR) is 214 cm³/mol. The van der Waals surface area contributed by atoms with Crippen molar-refractivity contribution in [2.45, 2.75) is 226 Å². The molecule has 3 aliphatic carbocycles. The maximum Gasteiger partial charge on any atom is 0.0136 e. The number of piperidine rings is 1. The molecule has 3 saturated carbocycles. The molecule has 0 amide bonds. The van der Waals surface area contributed by atoms with Crippen LogP contribution < -0.4 is 5.43 Å². The van der Waals surface area contributed by atoms with Crippen LogP contribution in [0.4, 0.5) is 0 Å². The zero-order valence-corrected chi connectivity index (χ0v) is 33.3. The summed E-state index contributed by atoms with van der Waals surface area (Å²) in [5, 5.41) is 2.45. The van der Waals surface area contributed by atoms with E-state index in [4.69, 9.17) is 0 Å². The number of rotatable bonds is 30. The fourth-order valence-electron chi connectivity index (χ4n) is 10.2. The van der Waals surface area contributed by atoms with Crippen LogP contribution in [-0.4, -0.2) is 25.1 Å². The van der Waals surface area contributed by atoms with Gasteiger partial charge < -0.3 is 0 Å². The second-order valence-corrected chi connectivity index (χ2v) is 17.8. The van der Waals surface area contributed by atoms with Gasteiger partial charge in [-0.15, -0.1) is 0 Å². The van der Waals surface area contributed by atoms with Crippen molar-refractivity contribution in [1.29, 1.82) is 0 Å². The molecule has 4 rings (SSSR count). The Morgan fingerprint density at radius 2 is 1.08 bits per heavy atom. The third kappa shape index (κ3) is 16.6. The number of allylic oxidation sites excluding steroid dienone is 2. The third-order valence-corrected chi connectivity index (χ3v) is 13.8. The van der Waals surface area contributed by atoms with Crippen molar-refractivity contribution >= 4 is 0 Å². The number of nitrogens with one attached hydrogen (secondary N) is 1. The average Bonchev–Trinajstić information content (AvgIpc) is 3.10. The monoisotopic (exact) mass is 667 g/mol. The van der Waals surface area contributed by atoms with Crippen molar-refractivity contribution in [3.63, 3.8) is 0 Å². The van der Waals surface area contributed by atoms with Crippen LogP contribution in [0.15, 0.2) is 24.3 Å². The summed E-state index contributed by atoms with van der Waals surface area (Å²) in [4.78, 5) is 0. The summed E-state index contributed by atoms with van der Waals surface area (Å²) >= 11 is 0. The van der Waals surface area contributed by atoms with E-state index in [0.717, 1.165) is 11.8 Å². The van der Waals surface area contributed by atoms with Crippen LogP contribution >= 0.6 is 0 Å². The van der Waals surface area contributed by atoms with E-state index in [2.05, 4.69) is 44.5 Å². The molecule has 1 N–H and O–H groups in total. The van der Waals surface area contributed by atoms with Crippen LogP contribution in [0, 0.1) is 22.7 Å². The summed E-state index contributed by atoms with van der Waals surface area (Å²) in [6, 6.07) is 0. The predicted octanol–water partition coefficient (Wildman–Crippen LogP) is 14.7. The van der Waals surface area contributed by atoms with Gasteiger partial charge in [0.05, 0.1) is 0 Å². The lowest BCUT2D eigenvalue weighted by Crippen LogP contribution is -2.45. The van der Waals surface area contributed by atoms with E-state index in [0.29, 0.717) is 10.8 Å². The Balaban J connectivity index is 1.38. The Morgan fingerprint density at radius 1 is 0.604 bits per heavy atom. The summed E-state index contributed by atoms with van der Waals surface area (Å²) < 4.78 is 0. The molecule has 0 aromatic carbocycles. The van der Waals surface area contributed by atoms with E-state index in [1.165, 1.54) is 225 Å². The minimum Gasteiger partial charge on any atom is -0.258 e. The molecule has 0 aromatic heterocycles. The smallest absolute Gasteiger partial charge is 0.0136 e. The van der Waals surface area contributed by atoms with Crippen LogP contribution in [-0.2, 0) is 0 Å². The van der Waals surface area contributed by atoms with E-state index in [1.54, 1.807) is 11.1 Å². The summed E-state index contributed by atoms with van der Waals surface area (Å²) in [6.07, 6.45) is 46.8. The van der Waals surface area contributed by atoms with Crippen LogP contribution in [0.3, 0.4) is 0 Å². The maximum absolute atomic E-state index is 4.66. The van der Waals surface area contributed by atoms with Gasteiger partial charge in [-0.25, -0.2) is 5.01 Å². The molecule has 2 bridgehead atoms. The molecule has 1 heterocycles. The molecule has 4 fully saturated rings. The molecule has 48 heavy (non-hydrogen) atoms. The van der Waals surface area contributed by atoms with Gasteiger partial charge in [-0.1, -0.05) is 141 Å². The Hall–Kier alpha value is -0.600. The van der Waals surface area contributed by atoms with E-state index in [1.807, 2.05) is 0 Å². The quantitative estimate of drug-likeness (QED) is 0.0606. The highest BCUT2D eigenvalue weighted by molar-refractivity contribution is 5.04. The fraction of sp³-hybridized carbons (Fsp3) is 0.913. The molecule has 0 aromatic rings. The highest BCUT2D eigenvalue weighted by Crippen LogP contribution is 2.53. The van der Waals surface area contributed by atoms with Gasteiger partial charge in [0.1, 0.15) is 0 Å². The topological polar surface area (TPSA) is 15.3 Å². The van der Waals surface area contributed by atoms with Gasteiger partial charge in [-0.05, 0) is 139 Å². The summed E-state index contributed by atoms with van der Waals surface area (Å²) in [5.41, 5.74) is 7.75. The van der Waals surface area contributed by atoms with Gasteiger partial charge in [0, 0.05) is 13.1 Å². The Kier molecular flexibility index (Phi) is 21.4. The molecule has 1 aliphatic heterocycles. The molecule has 1 saturated heterocycles. The van der Waals surface area contributed by atoms with Gasteiger partial charge >= 0.3 is 0 Å². The molecule has 280 valence electrons. The maximum atomic E-state index is 4.66. The van der Waals surface area contributed by atoms with Crippen molar-refractivity contribution < 1.29 is 0 Å². The minimum absolute atomic E-state index is 0.534. The summed E-state index contributed by atoms with van der Waals surface area (Å²) in [6.45, 7) is 16.4. The van der Waals surface area contributed by atoms with Gasteiger partial charge in [-0.2, -0.15) is 0 Å². The van der Waals surface area contributed by atoms with E-state index in [-0.39, 0.29) is 0 Å². The molecular weight excluding hydrogens is 581 g/mol. The number of unbranched alkanes of at least 4 members (excludes halogenated alkanes) is 12. The highest BCUT2D eigenvalue weighted by atomic mass is 15.5. The van der Waals surface area contributed by atoms with E-state index < -0.39 is 0 Å². The zero-order chi connectivity index (χ0) is 34.3. The molecule has 2 nitrogen and oxygen atoms in total. The molecule has 0 radical (unpaired) electrons. The number of nitrogens with zero attached hydrogens (tertiary/aromatic N) is 1. The van der Waals surface area contributed by atoms with Crippen molar-refractivity contribution in [2.24, 2.45) is 22.7 Å². The zero-order valence-electron chi connectivity index (χ0n) is 33.3. The van der Waals surface area contributed by atoms with Crippen molar-refractivity contribution in [2.75, 3.05) is 20.1 Å². The normalized spacial score (nSPS) is 22.5. The second-order valence-electron chi connectivity index (χ2n) is 17.8. The Labute approximate surface area is 302 Å². The minimum atomic E-state index is 0.534. The lowest BCUT2D eigenvalue weighted by atomic mass is 9.58. The summed E-state index contributed by atoms with van der Waals surface area (Å²) in [7, 11) is 2.10. The van der Waals surface area contributed by atoms with Crippen LogP contribution in [0.5, 0.6) is 0 Å². The molecular formula is C46H86N2. The lowest BCUT2D eigenvalue weighted by Gasteiger charge is -2.47.